The summed E-state index contributed by atoms with van der Waals surface area (Å²) < 4.78 is 5.16. The molecule has 4 nitrogen and oxygen atoms in total. The highest BCUT2D eigenvalue weighted by Crippen LogP contribution is 2.08. The van der Waals surface area contributed by atoms with Gasteiger partial charge in [0.1, 0.15) is 6.04 Å². The van der Waals surface area contributed by atoms with Crippen molar-refractivity contribution in [2.75, 3.05) is 6.61 Å². The minimum Gasteiger partial charge on any atom is -0.464 e. The highest BCUT2D eigenvalue weighted by atomic mass is 16.5. The minimum atomic E-state index is -0.416. The summed E-state index contributed by atoms with van der Waals surface area (Å²) in [6.45, 7) is 2.66. The van der Waals surface area contributed by atoms with Gasteiger partial charge in [-0.15, -0.1) is 0 Å². The minimum absolute atomic E-state index is 0.0554. The van der Waals surface area contributed by atoms with Crippen LogP contribution >= 0.6 is 0 Å². The first-order chi connectivity index (χ1) is 9.74. The van der Waals surface area contributed by atoms with Crippen LogP contribution in [0.4, 0.5) is 0 Å². The zero-order valence-electron chi connectivity index (χ0n) is 12.5. The lowest BCUT2D eigenvalue weighted by Gasteiger charge is -2.09. The Morgan fingerprint density at radius 2 is 1.95 bits per heavy atom. The summed E-state index contributed by atoms with van der Waals surface area (Å²) in [6, 6.07) is -0.416. The van der Waals surface area contributed by atoms with E-state index in [4.69, 9.17) is 4.74 Å². The molecule has 1 atom stereocenters. The van der Waals surface area contributed by atoms with E-state index in [1.807, 2.05) is 0 Å². The smallest absolute Gasteiger partial charge is 0.328 e. The fraction of sp³-hybridized carbons (Fsp3) is 0.750. The summed E-state index contributed by atoms with van der Waals surface area (Å²) in [4.78, 5) is 22.5. The molecule has 0 spiro atoms. The van der Waals surface area contributed by atoms with Crippen molar-refractivity contribution in [3.63, 3.8) is 0 Å². The van der Waals surface area contributed by atoms with Gasteiger partial charge in [-0.3, -0.25) is 4.79 Å². The zero-order valence-corrected chi connectivity index (χ0v) is 12.5. The van der Waals surface area contributed by atoms with Gasteiger partial charge in [-0.1, -0.05) is 31.9 Å². The number of ether oxygens (including phenoxy) is 1. The van der Waals surface area contributed by atoms with E-state index >= 15 is 0 Å². The van der Waals surface area contributed by atoms with Gasteiger partial charge in [-0.25, -0.2) is 4.79 Å². The first-order valence-corrected chi connectivity index (χ1v) is 7.85. The predicted molar refractivity (Wildman–Crippen MR) is 79.3 cm³/mol. The number of amides is 1. The number of unbranched alkanes of at least 4 members (excludes halogenated alkanes) is 5. The van der Waals surface area contributed by atoms with Crippen LogP contribution in [0, 0.1) is 0 Å². The fourth-order valence-electron chi connectivity index (χ4n) is 2.18. The predicted octanol–water partition coefficient (Wildman–Crippen LogP) is 3.12. The molecule has 20 heavy (non-hydrogen) atoms. The Morgan fingerprint density at radius 3 is 2.55 bits per heavy atom. The number of carbonyl (C=O) groups excluding carboxylic acids is 2. The van der Waals surface area contributed by atoms with Crippen LogP contribution in [0.25, 0.3) is 0 Å². The van der Waals surface area contributed by atoms with Crippen molar-refractivity contribution in [1.82, 2.24) is 5.32 Å². The van der Waals surface area contributed by atoms with Gasteiger partial charge >= 0.3 is 5.97 Å². The molecule has 1 saturated heterocycles. The molecular weight excluding hydrogens is 254 g/mol. The molecule has 0 bridgehead atoms. The summed E-state index contributed by atoms with van der Waals surface area (Å²) in [5, 5.41) is 2.61. The highest BCUT2D eigenvalue weighted by Gasteiger charge is 2.28. The van der Waals surface area contributed by atoms with Crippen molar-refractivity contribution in [1.29, 1.82) is 0 Å². The Balaban J connectivity index is 1.91. The Hall–Kier alpha value is -1.32. The van der Waals surface area contributed by atoms with Crippen molar-refractivity contribution < 1.29 is 14.3 Å². The van der Waals surface area contributed by atoms with Crippen molar-refractivity contribution >= 4 is 11.9 Å². The molecule has 1 fully saturated rings. The summed E-state index contributed by atoms with van der Waals surface area (Å²) in [5.41, 5.74) is 0. The summed E-state index contributed by atoms with van der Waals surface area (Å²) >= 11 is 0. The highest BCUT2D eigenvalue weighted by molar-refractivity contribution is 5.87. The van der Waals surface area contributed by atoms with E-state index in [0.717, 1.165) is 19.3 Å². The maximum Gasteiger partial charge on any atom is 0.328 e. The third-order valence-corrected chi connectivity index (χ3v) is 3.43. The second-order valence-electron chi connectivity index (χ2n) is 5.29. The lowest BCUT2D eigenvalue weighted by Crippen LogP contribution is -2.34. The lowest BCUT2D eigenvalue weighted by atomic mass is 10.1. The average Bonchev–Trinajstić information content (AvgIpc) is 2.87. The maximum atomic E-state index is 11.6. The number of esters is 1. The van der Waals surface area contributed by atoms with Gasteiger partial charge < -0.3 is 10.1 Å². The topological polar surface area (TPSA) is 55.4 Å². The van der Waals surface area contributed by atoms with E-state index in [1.54, 1.807) is 0 Å². The normalized spacial score (nSPS) is 18.4. The SMILES string of the molecule is CCCCC/C=C/CCCCOC(=O)[C@@H]1CCC(=O)N1. The first kappa shape index (κ1) is 16.7. The van der Waals surface area contributed by atoms with Crippen molar-refractivity contribution in [3.05, 3.63) is 12.2 Å². The number of allylic oxidation sites excluding steroid dienone is 2. The molecule has 0 unspecified atom stereocenters. The second-order valence-corrected chi connectivity index (χ2v) is 5.29. The zero-order chi connectivity index (χ0) is 14.6. The van der Waals surface area contributed by atoms with Gasteiger partial charge in [0.2, 0.25) is 5.91 Å². The van der Waals surface area contributed by atoms with E-state index in [1.165, 1.54) is 25.7 Å². The molecule has 1 N–H and O–H groups in total. The largest absolute Gasteiger partial charge is 0.464 e. The molecule has 0 aliphatic carbocycles. The Labute approximate surface area is 122 Å². The molecule has 1 amide bonds. The average molecular weight is 281 g/mol. The van der Waals surface area contributed by atoms with Gasteiger partial charge in [0, 0.05) is 6.42 Å². The molecule has 114 valence electrons. The van der Waals surface area contributed by atoms with E-state index in [-0.39, 0.29) is 11.9 Å². The van der Waals surface area contributed by atoms with Crippen LogP contribution in [0.15, 0.2) is 12.2 Å². The van der Waals surface area contributed by atoms with Crippen molar-refractivity contribution in [2.24, 2.45) is 0 Å². The van der Waals surface area contributed by atoms with Crippen LogP contribution < -0.4 is 5.32 Å². The number of nitrogens with one attached hydrogen (secondary N) is 1. The van der Waals surface area contributed by atoms with Crippen LogP contribution in [-0.2, 0) is 14.3 Å². The van der Waals surface area contributed by atoms with Crippen LogP contribution in [-0.4, -0.2) is 24.5 Å². The van der Waals surface area contributed by atoms with E-state index in [2.05, 4.69) is 24.4 Å². The van der Waals surface area contributed by atoms with Gasteiger partial charge in [-0.2, -0.15) is 0 Å². The molecule has 0 aromatic carbocycles. The summed E-state index contributed by atoms with van der Waals surface area (Å²) in [5.74, 6) is -0.342. The first-order valence-electron chi connectivity index (χ1n) is 7.85. The van der Waals surface area contributed by atoms with Crippen LogP contribution in [0.3, 0.4) is 0 Å². The van der Waals surface area contributed by atoms with Gasteiger partial charge in [0.25, 0.3) is 0 Å². The summed E-state index contributed by atoms with van der Waals surface area (Å²) in [6.07, 6.45) is 13.4. The number of hydrogen-bond donors (Lipinski definition) is 1. The number of rotatable bonds is 10. The Morgan fingerprint density at radius 1 is 1.25 bits per heavy atom. The molecule has 1 aliphatic rings. The van der Waals surface area contributed by atoms with E-state index in [0.29, 0.717) is 19.4 Å². The molecule has 0 radical (unpaired) electrons. The molecule has 1 rings (SSSR count). The number of hydrogen-bond acceptors (Lipinski definition) is 3. The van der Waals surface area contributed by atoms with Crippen LogP contribution in [0.5, 0.6) is 0 Å². The van der Waals surface area contributed by atoms with Gasteiger partial charge in [0.15, 0.2) is 0 Å². The monoisotopic (exact) mass is 281 g/mol. The fourth-order valence-corrected chi connectivity index (χ4v) is 2.18. The third kappa shape index (κ3) is 7.31. The third-order valence-electron chi connectivity index (χ3n) is 3.43. The molecule has 0 aromatic rings. The van der Waals surface area contributed by atoms with Crippen molar-refractivity contribution in [3.8, 4) is 0 Å². The molecule has 1 aliphatic heterocycles. The van der Waals surface area contributed by atoms with E-state index < -0.39 is 6.04 Å². The number of carbonyl (C=O) groups is 2. The molecule has 0 aromatic heterocycles. The quantitative estimate of drug-likeness (QED) is 0.380. The molecule has 0 saturated carbocycles. The van der Waals surface area contributed by atoms with Crippen molar-refractivity contribution in [2.45, 2.75) is 70.8 Å². The Bertz CT molecular complexity index is 326. The molecule has 1 heterocycles. The Kier molecular flexibility index (Phi) is 8.76. The van der Waals surface area contributed by atoms with Gasteiger partial charge in [-0.05, 0) is 38.5 Å². The second kappa shape index (κ2) is 10.5. The lowest BCUT2D eigenvalue weighted by molar-refractivity contribution is -0.146. The van der Waals surface area contributed by atoms with E-state index in [9.17, 15) is 9.59 Å². The van der Waals surface area contributed by atoms with Crippen LogP contribution in [0.2, 0.25) is 0 Å². The molecule has 4 heteroatoms. The van der Waals surface area contributed by atoms with Crippen LogP contribution in [0.1, 0.15) is 64.7 Å². The maximum absolute atomic E-state index is 11.6. The van der Waals surface area contributed by atoms with Gasteiger partial charge in [0.05, 0.1) is 6.61 Å². The summed E-state index contributed by atoms with van der Waals surface area (Å²) in [7, 11) is 0. The standard InChI is InChI=1S/C16H27NO3/c1-2-3-4-5-6-7-8-9-10-13-20-16(19)14-11-12-15(18)17-14/h6-7,14H,2-5,8-13H2,1H3,(H,17,18)/b7-6+/t14-/m0/s1. The molecular formula is C16H27NO3.